The third kappa shape index (κ3) is 4.96. The van der Waals surface area contributed by atoms with Crippen LogP contribution in [0.25, 0.3) is 22.0 Å². The maximum Gasteiger partial charge on any atom is 0.323 e. The lowest BCUT2D eigenvalue weighted by atomic mass is 10.0. The summed E-state index contributed by atoms with van der Waals surface area (Å²) in [5, 5.41) is 10.7. The molecule has 170 valence electrons. The Morgan fingerprint density at radius 1 is 1.09 bits per heavy atom. The van der Waals surface area contributed by atoms with Gasteiger partial charge in [0.15, 0.2) is 5.82 Å². The number of nitrogens with two attached hydrogens (primary N) is 1. The van der Waals surface area contributed by atoms with Crippen molar-refractivity contribution in [2.24, 2.45) is 0 Å². The highest BCUT2D eigenvalue weighted by Gasteiger charge is 2.14. The molecular weight excluding hydrogens is 419 g/mol. The van der Waals surface area contributed by atoms with Crippen LogP contribution in [0.15, 0.2) is 60.7 Å². The number of carbonyl (C=O) groups is 1. The zero-order chi connectivity index (χ0) is 23.5. The number of fused-ring (bicyclic) bond motifs is 1. The number of likely N-dealkylation sites (N-methyl/N-ethyl adjacent to an activating group) is 1. The molecule has 0 atom stereocenters. The molecule has 0 aliphatic rings. The van der Waals surface area contributed by atoms with Crippen LogP contribution in [-0.2, 0) is 6.54 Å². The first-order chi connectivity index (χ1) is 15.8. The Balaban J connectivity index is 1.53. The summed E-state index contributed by atoms with van der Waals surface area (Å²) in [6, 6.07) is 17.5. The molecule has 0 saturated heterocycles. The number of hydrogen-bond donors (Lipinski definition) is 3. The van der Waals surface area contributed by atoms with E-state index in [1.165, 1.54) is 6.07 Å². The minimum absolute atomic E-state index is 0.137. The fraction of sp³-hybridized carbons (Fsp3) is 0.200. The summed E-state index contributed by atoms with van der Waals surface area (Å²) in [7, 11) is 4.04. The van der Waals surface area contributed by atoms with Crippen molar-refractivity contribution in [1.29, 1.82) is 0 Å². The summed E-state index contributed by atoms with van der Waals surface area (Å²) < 4.78 is 15.8. The first-order valence-corrected chi connectivity index (χ1v) is 10.7. The van der Waals surface area contributed by atoms with Crippen LogP contribution in [0.1, 0.15) is 5.56 Å². The predicted octanol–water partition coefficient (Wildman–Crippen LogP) is 4.94. The number of hydrogen-bond acceptors (Lipinski definition) is 4. The van der Waals surface area contributed by atoms with E-state index in [0.29, 0.717) is 11.5 Å². The molecule has 8 heteroatoms. The van der Waals surface area contributed by atoms with Crippen molar-refractivity contribution >= 4 is 34.1 Å². The van der Waals surface area contributed by atoms with E-state index in [4.69, 9.17) is 5.73 Å². The number of benzene rings is 3. The third-order valence-electron chi connectivity index (χ3n) is 5.39. The number of aryl methyl sites for hydroxylation is 1. The number of aromatic nitrogens is 2. The van der Waals surface area contributed by atoms with E-state index in [-0.39, 0.29) is 5.69 Å². The average molecular weight is 447 g/mol. The zero-order valence-electron chi connectivity index (χ0n) is 18.9. The normalized spacial score (nSPS) is 11.2. The van der Waals surface area contributed by atoms with Crippen molar-refractivity contribution in [2.75, 3.05) is 37.0 Å². The van der Waals surface area contributed by atoms with Crippen LogP contribution in [0, 0.1) is 12.7 Å². The number of urea groups is 1. The van der Waals surface area contributed by atoms with Gasteiger partial charge in [0.1, 0.15) is 5.82 Å². The molecule has 3 aromatic carbocycles. The predicted molar refractivity (Wildman–Crippen MR) is 132 cm³/mol. The molecule has 0 fully saturated rings. The number of anilines is 3. The van der Waals surface area contributed by atoms with Gasteiger partial charge in [-0.25, -0.2) is 9.18 Å². The summed E-state index contributed by atoms with van der Waals surface area (Å²) in [6.07, 6.45) is 0. The molecular formula is C25H27FN6O. The molecule has 1 aromatic heterocycles. The van der Waals surface area contributed by atoms with E-state index < -0.39 is 11.8 Å². The van der Waals surface area contributed by atoms with Gasteiger partial charge in [0, 0.05) is 12.2 Å². The smallest absolute Gasteiger partial charge is 0.323 e. The molecule has 1 heterocycles. The summed E-state index contributed by atoms with van der Waals surface area (Å²) in [4.78, 5) is 14.4. The molecule has 33 heavy (non-hydrogen) atoms. The summed E-state index contributed by atoms with van der Waals surface area (Å²) >= 11 is 0. The summed E-state index contributed by atoms with van der Waals surface area (Å²) in [5.74, 6) is 0.00373. The van der Waals surface area contributed by atoms with Crippen LogP contribution in [0.2, 0.25) is 0 Å². The topological polar surface area (TPSA) is 88.2 Å². The quantitative estimate of drug-likeness (QED) is 0.392. The Morgan fingerprint density at radius 3 is 2.58 bits per heavy atom. The lowest BCUT2D eigenvalue weighted by molar-refractivity contribution is 0.262. The lowest BCUT2D eigenvalue weighted by Gasteiger charge is -2.11. The molecule has 0 radical (unpaired) electrons. The maximum absolute atomic E-state index is 13.9. The molecule has 0 saturated carbocycles. The number of amides is 2. The van der Waals surface area contributed by atoms with E-state index in [0.717, 1.165) is 40.7 Å². The minimum Gasteiger partial charge on any atom is -0.382 e. The van der Waals surface area contributed by atoms with Crippen molar-refractivity contribution < 1.29 is 9.18 Å². The van der Waals surface area contributed by atoms with Gasteiger partial charge in [-0.3, -0.25) is 4.68 Å². The van der Waals surface area contributed by atoms with Gasteiger partial charge >= 0.3 is 6.03 Å². The largest absolute Gasteiger partial charge is 0.382 e. The van der Waals surface area contributed by atoms with Gasteiger partial charge in [-0.05, 0) is 68.0 Å². The van der Waals surface area contributed by atoms with Crippen molar-refractivity contribution in [3.05, 3.63) is 72.0 Å². The van der Waals surface area contributed by atoms with Crippen LogP contribution in [-0.4, -0.2) is 41.4 Å². The number of nitrogen functional groups attached to an aromatic ring is 1. The van der Waals surface area contributed by atoms with Crippen molar-refractivity contribution in [3.8, 4) is 11.1 Å². The zero-order valence-corrected chi connectivity index (χ0v) is 18.9. The van der Waals surface area contributed by atoms with Gasteiger partial charge in [-0.2, -0.15) is 5.10 Å². The van der Waals surface area contributed by atoms with E-state index in [1.54, 1.807) is 24.3 Å². The second kappa shape index (κ2) is 9.30. The van der Waals surface area contributed by atoms with Crippen LogP contribution < -0.4 is 16.4 Å². The Hall–Kier alpha value is -3.91. The van der Waals surface area contributed by atoms with Crippen molar-refractivity contribution in [3.63, 3.8) is 0 Å². The first kappa shape index (κ1) is 22.3. The van der Waals surface area contributed by atoms with Crippen molar-refractivity contribution in [1.82, 2.24) is 14.7 Å². The number of nitrogens with zero attached hydrogens (tertiary/aromatic N) is 3. The molecule has 0 spiro atoms. The molecule has 0 aliphatic heterocycles. The Kier molecular flexibility index (Phi) is 6.28. The Morgan fingerprint density at radius 2 is 1.85 bits per heavy atom. The fourth-order valence-electron chi connectivity index (χ4n) is 3.72. The molecule has 4 aromatic rings. The number of carbonyl (C=O) groups excluding carboxylic acids is 1. The highest BCUT2D eigenvalue weighted by atomic mass is 19.1. The Labute approximate surface area is 192 Å². The molecule has 0 aliphatic carbocycles. The summed E-state index contributed by atoms with van der Waals surface area (Å²) in [6.45, 7) is 3.43. The molecule has 4 rings (SSSR count). The van der Waals surface area contributed by atoms with Crippen LogP contribution in [0.4, 0.5) is 26.4 Å². The van der Waals surface area contributed by atoms with Gasteiger partial charge in [0.05, 0.1) is 23.1 Å². The molecule has 0 bridgehead atoms. The highest BCUT2D eigenvalue weighted by Crippen LogP contribution is 2.33. The SMILES string of the molecule is Cc1ccc(F)c(NC(=O)Nc2ccc(-c3cccc4c3c(N)nn4CCN(C)C)cc2)c1. The van der Waals surface area contributed by atoms with E-state index in [9.17, 15) is 9.18 Å². The Bertz CT molecular complexity index is 1300. The second-order valence-electron chi connectivity index (χ2n) is 8.25. The number of halogens is 1. The van der Waals surface area contributed by atoms with Gasteiger partial charge in [-0.1, -0.05) is 30.3 Å². The summed E-state index contributed by atoms with van der Waals surface area (Å²) in [5.41, 5.74) is 10.8. The van der Waals surface area contributed by atoms with Crippen LogP contribution >= 0.6 is 0 Å². The van der Waals surface area contributed by atoms with E-state index >= 15 is 0 Å². The second-order valence-corrected chi connectivity index (χ2v) is 8.25. The fourth-order valence-corrected chi connectivity index (χ4v) is 3.72. The molecule has 4 N–H and O–H groups in total. The lowest BCUT2D eigenvalue weighted by Crippen LogP contribution is -2.20. The number of nitrogens with one attached hydrogen (secondary N) is 2. The highest BCUT2D eigenvalue weighted by molar-refractivity contribution is 6.03. The van der Waals surface area contributed by atoms with E-state index in [1.807, 2.05) is 56.0 Å². The minimum atomic E-state index is -0.513. The first-order valence-electron chi connectivity index (χ1n) is 10.7. The van der Waals surface area contributed by atoms with Gasteiger partial charge < -0.3 is 21.3 Å². The monoisotopic (exact) mass is 446 g/mol. The maximum atomic E-state index is 13.9. The van der Waals surface area contributed by atoms with Gasteiger partial charge in [-0.15, -0.1) is 0 Å². The third-order valence-corrected chi connectivity index (χ3v) is 5.39. The average Bonchev–Trinajstić information content (AvgIpc) is 3.11. The molecule has 7 nitrogen and oxygen atoms in total. The van der Waals surface area contributed by atoms with Crippen LogP contribution in [0.3, 0.4) is 0 Å². The van der Waals surface area contributed by atoms with Crippen molar-refractivity contribution in [2.45, 2.75) is 13.5 Å². The van der Waals surface area contributed by atoms with Gasteiger partial charge in [0.2, 0.25) is 0 Å². The van der Waals surface area contributed by atoms with Crippen LogP contribution in [0.5, 0.6) is 0 Å². The number of rotatable bonds is 6. The van der Waals surface area contributed by atoms with E-state index in [2.05, 4.69) is 20.6 Å². The standard InChI is InChI=1S/C25H27FN6O/c1-16-7-12-20(26)21(15-16)29-25(33)28-18-10-8-17(9-11-18)19-5-4-6-22-23(19)24(27)30-32(22)14-13-31(2)3/h4-12,15H,13-14H2,1-3H3,(H2,27,30)(H2,28,29,33). The molecule has 2 amide bonds. The van der Waals surface area contributed by atoms with Gasteiger partial charge in [0.25, 0.3) is 0 Å². The molecule has 0 unspecified atom stereocenters.